The number of nitrogens with zero attached hydrogens (tertiary/aromatic N) is 2. The molecular weight excluding hydrogens is 514 g/mol. The summed E-state index contributed by atoms with van der Waals surface area (Å²) >= 11 is 0. The van der Waals surface area contributed by atoms with Gasteiger partial charge in [-0.1, -0.05) is 54.6 Å². The summed E-state index contributed by atoms with van der Waals surface area (Å²) in [5, 5.41) is 16.4. The number of aromatic nitrogens is 2. The number of aliphatic hydroxyl groups excluding tert-OH is 1. The highest BCUT2D eigenvalue weighted by atomic mass is 35.5. The average molecular weight is 545 g/mol. The highest BCUT2D eigenvalue weighted by Gasteiger charge is 2.11. The molecule has 0 fully saturated rings. The van der Waals surface area contributed by atoms with Crippen molar-refractivity contribution in [2.24, 2.45) is 0 Å². The third-order valence-corrected chi connectivity index (χ3v) is 5.74. The minimum Gasteiger partial charge on any atom is -0.387 e. The van der Waals surface area contributed by atoms with Crippen molar-refractivity contribution in [3.8, 4) is 0 Å². The quantitative estimate of drug-likeness (QED) is 0.233. The summed E-state index contributed by atoms with van der Waals surface area (Å²) in [7, 11) is 0. The van der Waals surface area contributed by atoms with Crippen LogP contribution in [0.25, 0.3) is 0 Å². The van der Waals surface area contributed by atoms with Gasteiger partial charge in [-0.2, -0.15) is 0 Å². The van der Waals surface area contributed by atoms with E-state index >= 15 is 0 Å². The molecule has 0 bridgehead atoms. The topological polar surface area (TPSA) is 79.2 Å². The molecule has 0 saturated carbocycles. The zero-order valence-corrected chi connectivity index (χ0v) is 21.9. The summed E-state index contributed by atoms with van der Waals surface area (Å²) in [6, 6.07) is 23.6. The summed E-state index contributed by atoms with van der Waals surface area (Å²) < 4.78 is 15.0. The molecular formula is C28H31Cl2FN4O2. The number of anilines is 1. The van der Waals surface area contributed by atoms with Crippen molar-refractivity contribution in [2.75, 3.05) is 18.4 Å². The zero-order chi connectivity index (χ0) is 24.5. The molecule has 196 valence electrons. The molecule has 0 aliphatic carbocycles. The average Bonchev–Trinajstić information content (AvgIpc) is 3.30. The molecule has 1 heterocycles. The van der Waals surface area contributed by atoms with Gasteiger partial charge in [0, 0.05) is 31.2 Å². The van der Waals surface area contributed by atoms with Gasteiger partial charge in [0.15, 0.2) is 0 Å². The Morgan fingerprint density at radius 3 is 2.32 bits per heavy atom. The van der Waals surface area contributed by atoms with Crippen LogP contribution in [-0.2, 0) is 24.2 Å². The Hall–Kier alpha value is -3.23. The van der Waals surface area contributed by atoms with Crippen LogP contribution < -0.4 is 10.6 Å². The van der Waals surface area contributed by atoms with Gasteiger partial charge in [-0.05, 0) is 53.9 Å². The Morgan fingerprint density at radius 1 is 0.946 bits per heavy atom. The first-order valence-electron chi connectivity index (χ1n) is 11.6. The van der Waals surface area contributed by atoms with Crippen molar-refractivity contribution in [3.05, 3.63) is 120 Å². The van der Waals surface area contributed by atoms with Crippen molar-refractivity contribution in [2.45, 2.75) is 25.5 Å². The second-order valence-corrected chi connectivity index (χ2v) is 8.40. The molecule has 0 spiro atoms. The van der Waals surface area contributed by atoms with Gasteiger partial charge in [0.2, 0.25) is 5.91 Å². The molecule has 4 rings (SSSR count). The molecule has 0 aliphatic heterocycles. The molecule has 0 aliphatic rings. The van der Waals surface area contributed by atoms with Gasteiger partial charge in [0.25, 0.3) is 0 Å². The van der Waals surface area contributed by atoms with Crippen LogP contribution >= 0.6 is 24.8 Å². The first kappa shape index (κ1) is 30.0. The molecule has 3 aromatic carbocycles. The van der Waals surface area contributed by atoms with Crippen molar-refractivity contribution in [1.82, 2.24) is 14.9 Å². The summed E-state index contributed by atoms with van der Waals surface area (Å²) in [5.74, 6) is 0.219. The Kier molecular flexibility index (Phi) is 12.3. The summed E-state index contributed by atoms with van der Waals surface area (Å²) in [6.07, 6.45) is 3.90. The van der Waals surface area contributed by atoms with Gasteiger partial charge < -0.3 is 20.3 Å². The lowest BCUT2D eigenvalue weighted by atomic mass is 10.1. The fraction of sp³-hybridized carbons (Fsp3) is 0.214. The van der Waals surface area contributed by atoms with Crippen molar-refractivity contribution < 1.29 is 14.3 Å². The lowest BCUT2D eigenvalue weighted by Crippen LogP contribution is -2.23. The van der Waals surface area contributed by atoms with Gasteiger partial charge in [0.05, 0.1) is 12.5 Å². The van der Waals surface area contributed by atoms with Crippen LogP contribution in [0, 0.1) is 5.82 Å². The number of imidazole rings is 1. The standard InChI is InChI=1S/C28H29FN4O2.2ClH/c29-24-10-6-22(7-11-24)20-33-17-16-31-27(33)18-28(35)32-25-12-8-21(9-13-25)14-15-30-19-26(34)23-4-2-1-3-5-23;;/h1-13,16-17,26,30,34H,14-15,18-20H2,(H,32,35);2*1H/t26-;;/m0../s1. The molecule has 3 N–H and O–H groups in total. The molecule has 0 radical (unpaired) electrons. The third kappa shape index (κ3) is 9.30. The number of carbonyl (C=O) groups is 1. The maximum atomic E-state index is 13.1. The SMILES string of the molecule is Cl.Cl.O=C(Cc1nccn1Cc1ccc(F)cc1)Nc1ccc(CCNC[C@H](O)c2ccccc2)cc1. The maximum Gasteiger partial charge on any atom is 0.231 e. The number of hydrogen-bond donors (Lipinski definition) is 3. The van der Waals surface area contributed by atoms with E-state index < -0.39 is 6.10 Å². The minimum absolute atomic E-state index is 0. The molecule has 6 nitrogen and oxygen atoms in total. The lowest BCUT2D eigenvalue weighted by molar-refractivity contribution is -0.115. The monoisotopic (exact) mass is 544 g/mol. The molecule has 1 amide bonds. The van der Waals surface area contributed by atoms with Crippen molar-refractivity contribution in [3.63, 3.8) is 0 Å². The lowest BCUT2D eigenvalue weighted by Gasteiger charge is -2.12. The van der Waals surface area contributed by atoms with Crippen molar-refractivity contribution in [1.29, 1.82) is 0 Å². The molecule has 0 unspecified atom stereocenters. The normalized spacial score (nSPS) is 11.2. The fourth-order valence-corrected chi connectivity index (χ4v) is 3.81. The number of halogens is 3. The predicted octanol–water partition coefficient (Wildman–Crippen LogP) is 4.96. The second kappa shape index (κ2) is 15.1. The van der Waals surface area contributed by atoms with Gasteiger partial charge in [-0.3, -0.25) is 4.79 Å². The first-order chi connectivity index (χ1) is 17.1. The Morgan fingerprint density at radius 2 is 1.62 bits per heavy atom. The van der Waals surface area contributed by atoms with E-state index in [0.29, 0.717) is 18.9 Å². The summed E-state index contributed by atoms with van der Waals surface area (Å²) in [4.78, 5) is 16.9. The number of aliphatic hydroxyl groups is 1. The van der Waals surface area contributed by atoms with E-state index in [-0.39, 0.29) is 43.0 Å². The highest BCUT2D eigenvalue weighted by molar-refractivity contribution is 5.91. The van der Waals surface area contributed by atoms with E-state index in [9.17, 15) is 14.3 Å². The number of nitrogens with one attached hydrogen (secondary N) is 2. The minimum atomic E-state index is -0.528. The van der Waals surface area contributed by atoms with Crippen molar-refractivity contribution >= 4 is 36.4 Å². The van der Waals surface area contributed by atoms with Crippen LogP contribution in [-0.4, -0.2) is 33.7 Å². The van der Waals surface area contributed by atoms with E-state index in [1.165, 1.54) is 12.1 Å². The van der Waals surface area contributed by atoms with Crippen LogP contribution in [0.2, 0.25) is 0 Å². The Labute approximate surface area is 228 Å². The van der Waals surface area contributed by atoms with Gasteiger partial charge in [-0.15, -0.1) is 24.8 Å². The van der Waals surface area contributed by atoms with E-state index in [2.05, 4.69) is 15.6 Å². The van der Waals surface area contributed by atoms with E-state index in [4.69, 9.17) is 0 Å². The molecule has 4 aromatic rings. The maximum absolute atomic E-state index is 13.1. The number of amides is 1. The van der Waals surface area contributed by atoms with E-state index in [1.807, 2.05) is 65.4 Å². The first-order valence-corrected chi connectivity index (χ1v) is 11.6. The zero-order valence-electron chi connectivity index (χ0n) is 20.2. The molecule has 1 atom stereocenters. The van der Waals surface area contributed by atoms with Gasteiger partial charge in [0.1, 0.15) is 11.6 Å². The number of rotatable bonds is 11. The Bertz CT molecular complexity index is 1220. The van der Waals surface area contributed by atoms with Crippen LogP contribution in [0.5, 0.6) is 0 Å². The van der Waals surface area contributed by atoms with Crippen LogP contribution in [0.3, 0.4) is 0 Å². The number of carbonyl (C=O) groups excluding carboxylic acids is 1. The number of benzene rings is 3. The van der Waals surface area contributed by atoms with E-state index in [1.54, 1.807) is 18.3 Å². The molecule has 9 heteroatoms. The van der Waals surface area contributed by atoms with Crippen LogP contribution in [0.15, 0.2) is 91.3 Å². The second-order valence-electron chi connectivity index (χ2n) is 8.40. The summed E-state index contributed by atoms with van der Waals surface area (Å²) in [5.41, 5.74) is 3.70. The van der Waals surface area contributed by atoms with Gasteiger partial charge >= 0.3 is 0 Å². The molecule has 1 aromatic heterocycles. The fourth-order valence-electron chi connectivity index (χ4n) is 3.81. The van der Waals surface area contributed by atoms with Crippen LogP contribution in [0.4, 0.5) is 10.1 Å². The largest absolute Gasteiger partial charge is 0.387 e. The van der Waals surface area contributed by atoms with Crippen LogP contribution in [0.1, 0.15) is 28.6 Å². The molecule has 0 saturated heterocycles. The number of hydrogen-bond acceptors (Lipinski definition) is 4. The van der Waals surface area contributed by atoms with Gasteiger partial charge in [-0.25, -0.2) is 9.37 Å². The highest BCUT2D eigenvalue weighted by Crippen LogP contribution is 2.13. The summed E-state index contributed by atoms with van der Waals surface area (Å²) in [6.45, 7) is 1.76. The van der Waals surface area contributed by atoms with E-state index in [0.717, 1.165) is 35.3 Å². The predicted molar refractivity (Wildman–Crippen MR) is 149 cm³/mol. The smallest absolute Gasteiger partial charge is 0.231 e. The Balaban J connectivity index is 0.00000241. The molecule has 37 heavy (non-hydrogen) atoms. The third-order valence-electron chi connectivity index (χ3n) is 5.74.